The number of hydrogen-bond donors (Lipinski definition) is 1. The summed E-state index contributed by atoms with van der Waals surface area (Å²) in [5.41, 5.74) is 1.59. The molecule has 6 heteroatoms. The Bertz CT molecular complexity index is 559. The number of carbonyl (C=O) groups is 1. The van der Waals surface area contributed by atoms with Crippen molar-refractivity contribution in [2.45, 2.75) is 64.8 Å². The normalized spacial score (nSPS) is 22.9. The van der Waals surface area contributed by atoms with E-state index in [1.807, 2.05) is 4.90 Å². The average molecular weight is 390 g/mol. The molecular weight excluding hydrogens is 350 g/mol. The minimum atomic E-state index is -0.00184. The van der Waals surface area contributed by atoms with E-state index in [0.717, 1.165) is 77.6 Å². The Labute approximate surface area is 171 Å². The molecule has 0 radical (unpaired) electrons. The highest BCUT2D eigenvalue weighted by Gasteiger charge is 2.30. The Morgan fingerprint density at radius 1 is 1.07 bits per heavy atom. The van der Waals surface area contributed by atoms with Crippen LogP contribution in [0.3, 0.4) is 0 Å². The zero-order chi connectivity index (χ0) is 19.8. The number of hydrogen-bond acceptors (Lipinski definition) is 3. The highest BCUT2D eigenvalue weighted by atomic mass is 16.2. The largest absolute Gasteiger partial charge is 0.357 e. The van der Waals surface area contributed by atoms with Crippen LogP contribution in [0.25, 0.3) is 0 Å². The number of piperazine rings is 1. The SMILES string of the molecule is CCNC(=NCCC1=CCCCC1)N1CCN(C(C)C(=O)N2CCCC2)CC1. The first-order chi connectivity index (χ1) is 13.7. The third-order valence-electron chi connectivity index (χ3n) is 6.35. The van der Waals surface area contributed by atoms with Gasteiger partial charge in [-0.15, -0.1) is 0 Å². The number of amides is 1. The van der Waals surface area contributed by atoms with E-state index >= 15 is 0 Å². The summed E-state index contributed by atoms with van der Waals surface area (Å²) in [6.45, 7) is 11.6. The minimum absolute atomic E-state index is 0.00184. The van der Waals surface area contributed by atoms with Crippen LogP contribution in [0.2, 0.25) is 0 Å². The van der Waals surface area contributed by atoms with Gasteiger partial charge in [0.2, 0.25) is 5.91 Å². The lowest BCUT2D eigenvalue weighted by atomic mass is 9.97. The lowest BCUT2D eigenvalue weighted by Gasteiger charge is -2.39. The van der Waals surface area contributed by atoms with Crippen molar-refractivity contribution in [1.82, 2.24) is 20.0 Å². The van der Waals surface area contributed by atoms with Crippen molar-refractivity contribution in [3.63, 3.8) is 0 Å². The molecule has 3 rings (SSSR count). The lowest BCUT2D eigenvalue weighted by molar-refractivity contribution is -0.135. The summed E-state index contributed by atoms with van der Waals surface area (Å²) in [6.07, 6.45) is 11.0. The van der Waals surface area contributed by atoms with Gasteiger partial charge in [-0.05, 0) is 58.8 Å². The summed E-state index contributed by atoms with van der Waals surface area (Å²) in [5, 5.41) is 3.46. The molecule has 6 nitrogen and oxygen atoms in total. The highest BCUT2D eigenvalue weighted by molar-refractivity contribution is 5.82. The van der Waals surface area contributed by atoms with Crippen LogP contribution in [-0.2, 0) is 4.79 Å². The summed E-state index contributed by atoms with van der Waals surface area (Å²) in [4.78, 5) is 24.3. The van der Waals surface area contributed by atoms with Gasteiger partial charge in [-0.1, -0.05) is 11.6 Å². The molecule has 2 aliphatic heterocycles. The molecule has 1 unspecified atom stereocenters. The zero-order valence-electron chi connectivity index (χ0n) is 18.0. The smallest absolute Gasteiger partial charge is 0.239 e. The third-order valence-corrected chi connectivity index (χ3v) is 6.35. The monoisotopic (exact) mass is 389 g/mol. The van der Waals surface area contributed by atoms with Crippen LogP contribution in [-0.4, -0.2) is 85.0 Å². The molecule has 2 fully saturated rings. The molecule has 1 amide bonds. The van der Waals surface area contributed by atoms with Crippen molar-refractivity contribution in [3.8, 4) is 0 Å². The Morgan fingerprint density at radius 2 is 1.82 bits per heavy atom. The molecule has 158 valence electrons. The molecule has 0 spiro atoms. The van der Waals surface area contributed by atoms with Crippen LogP contribution in [0.15, 0.2) is 16.6 Å². The molecule has 0 aromatic heterocycles. The van der Waals surface area contributed by atoms with Gasteiger partial charge < -0.3 is 15.1 Å². The van der Waals surface area contributed by atoms with E-state index in [0.29, 0.717) is 5.91 Å². The Hall–Kier alpha value is -1.56. The van der Waals surface area contributed by atoms with Gasteiger partial charge in [0.1, 0.15) is 0 Å². The topological polar surface area (TPSA) is 51.2 Å². The quantitative estimate of drug-likeness (QED) is 0.431. The molecule has 0 aromatic rings. The number of nitrogens with one attached hydrogen (secondary N) is 1. The van der Waals surface area contributed by atoms with Crippen LogP contribution in [0.5, 0.6) is 0 Å². The predicted octanol–water partition coefficient (Wildman–Crippen LogP) is 2.47. The van der Waals surface area contributed by atoms with Gasteiger partial charge in [0.05, 0.1) is 6.04 Å². The molecule has 0 bridgehead atoms. The molecule has 28 heavy (non-hydrogen) atoms. The van der Waals surface area contributed by atoms with Gasteiger partial charge >= 0.3 is 0 Å². The molecule has 1 N–H and O–H groups in total. The van der Waals surface area contributed by atoms with Crippen molar-refractivity contribution in [1.29, 1.82) is 0 Å². The van der Waals surface area contributed by atoms with Crippen LogP contribution in [0.4, 0.5) is 0 Å². The van der Waals surface area contributed by atoms with Gasteiger partial charge in [-0.3, -0.25) is 14.7 Å². The van der Waals surface area contributed by atoms with Gasteiger partial charge in [-0.2, -0.15) is 0 Å². The van der Waals surface area contributed by atoms with E-state index in [-0.39, 0.29) is 6.04 Å². The number of rotatable bonds is 6. The first-order valence-corrected chi connectivity index (χ1v) is 11.4. The lowest BCUT2D eigenvalue weighted by Crippen LogP contribution is -2.57. The Balaban J connectivity index is 1.48. The first-order valence-electron chi connectivity index (χ1n) is 11.4. The maximum atomic E-state index is 12.7. The number of carbonyl (C=O) groups excluding carboxylic acids is 1. The fourth-order valence-corrected chi connectivity index (χ4v) is 4.54. The second-order valence-electron chi connectivity index (χ2n) is 8.33. The average Bonchev–Trinajstić information content (AvgIpc) is 3.28. The molecule has 1 aliphatic carbocycles. The number of likely N-dealkylation sites (tertiary alicyclic amines) is 1. The maximum Gasteiger partial charge on any atom is 0.239 e. The van der Waals surface area contributed by atoms with Crippen molar-refractivity contribution in [2.24, 2.45) is 4.99 Å². The number of nitrogens with zero attached hydrogens (tertiary/aromatic N) is 4. The Kier molecular flexibility index (Phi) is 8.19. The Morgan fingerprint density at radius 3 is 2.46 bits per heavy atom. The third kappa shape index (κ3) is 5.72. The standard InChI is InChI=1S/C22H39N5O/c1-3-23-22(24-12-11-20-9-5-4-6-10-20)27-17-15-25(16-18-27)19(2)21(28)26-13-7-8-14-26/h9,19H,3-8,10-18H2,1-2H3,(H,23,24). The van der Waals surface area contributed by atoms with E-state index in [9.17, 15) is 4.79 Å². The van der Waals surface area contributed by atoms with E-state index in [1.54, 1.807) is 5.57 Å². The van der Waals surface area contributed by atoms with Gasteiger partial charge in [0.15, 0.2) is 5.96 Å². The summed E-state index contributed by atoms with van der Waals surface area (Å²) >= 11 is 0. The maximum absolute atomic E-state index is 12.7. The fourth-order valence-electron chi connectivity index (χ4n) is 4.54. The predicted molar refractivity (Wildman–Crippen MR) is 116 cm³/mol. The molecule has 2 saturated heterocycles. The molecule has 1 atom stereocenters. The van der Waals surface area contributed by atoms with Gasteiger partial charge in [-0.25, -0.2) is 0 Å². The van der Waals surface area contributed by atoms with Crippen molar-refractivity contribution in [2.75, 3.05) is 52.4 Å². The molecule has 0 saturated carbocycles. The molecular formula is C22H39N5O. The van der Waals surface area contributed by atoms with Gasteiger partial charge in [0, 0.05) is 52.4 Å². The minimum Gasteiger partial charge on any atom is -0.357 e. The first kappa shape index (κ1) is 21.2. The van der Waals surface area contributed by atoms with Crippen molar-refractivity contribution in [3.05, 3.63) is 11.6 Å². The summed E-state index contributed by atoms with van der Waals surface area (Å²) in [7, 11) is 0. The number of guanidine groups is 1. The van der Waals surface area contributed by atoms with Crippen LogP contribution < -0.4 is 5.32 Å². The second kappa shape index (κ2) is 10.8. The summed E-state index contributed by atoms with van der Waals surface area (Å²) < 4.78 is 0. The number of allylic oxidation sites excluding steroid dienone is 1. The molecule has 0 aromatic carbocycles. The summed E-state index contributed by atoms with van der Waals surface area (Å²) in [5.74, 6) is 1.35. The van der Waals surface area contributed by atoms with E-state index in [2.05, 4.69) is 35.0 Å². The highest BCUT2D eigenvalue weighted by Crippen LogP contribution is 2.20. The number of aliphatic imine (C=N–C) groups is 1. The molecule has 2 heterocycles. The van der Waals surface area contributed by atoms with Crippen molar-refractivity contribution >= 4 is 11.9 Å². The summed E-state index contributed by atoms with van der Waals surface area (Å²) in [6, 6.07) is -0.00184. The van der Waals surface area contributed by atoms with Gasteiger partial charge in [0.25, 0.3) is 0 Å². The second-order valence-corrected chi connectivity index (χ2v) is 8.33. The zero-order valence-corrected chi connectivity index (χ0v) is 18.0. The van der Waals surface area contributed by atoms with E-state index < -0.39 is 0 Å². The van der Waals surface area contributed by atoms with E-state index in [1.165, 1.54) is 25.7 Å². The van der Waals surface area contributed by atoms with Crippen LogP contribution in [0, 0.1) is 0 Å². The van der Waals surface area contributed by atoms with Crippen LogP contribution in [0.1, 0.15) is 58.8 Å². The van der Waals surface area contributed by atoms with E-state index in [4.69, 9.17) is 4.99 Å². The van der Waals surface area contributed by atoms with Crippen LogP contribution >= 0.6 is 0 Å². The fraction of sp³-hybridized carbons (Fsp3) is 0.818. The van der Waals surface area contributed by atoms with Crippen molar-refractivity contribution < 1.29 is 4.79 Å². The molecule has 3 aliphatic rings.